The Morgan fingerprint density at radius 3 is 2.74 bits per heavy atom. The maximum absolute atomic E-state index is 12.0. The number of carbonyl (C=O) groups is 1. The summed E-state index contributed by atoms with van der Waals surface area (Å²) in [5, 5.41) is 7.75. The molecule has 1 aromatic heterocycles. The van der Waals surface area contributed by atoms with Gasteiger partial charge in [0.15, 0.2) is 0 Å². The highest BCUT2D eigenvalue weighted by Gasteiger charge is 2.34. The highest BCUT2D eigenvalue weighted by atomic mass is 16.2. The third-order valence-corrected chi connectivity index (χ3v) is 5.29. The molecule has 1 aliphatic heterocycles. The molecule has 1 aromatic rings. The molecule has 0 spiro atoms. The fourth-order valence-corrected chi connectivity index (χ4v) is 4.06. The molecule has 1 amide bonds. The Morgan fingerprint density at radius 1 is 1.30 bits per heavy atom. The van der Waals surface area contributed by atoms with E-state index in [1.54, 1.807) is 0 Å². The molecule has 1 saturated carbocycles. The number of nitrogens with one attached hydrogen (secondary N) is 1. The van der Waals surface area contributed by atoms with E-state index >= 15 is 0 Å². The Morgan fingerprint density at radius 2 is 2.04 bits per heavy atom. The summed E-state index contributed by atoms with van der Waals surface area (Å²) in [7, 11) is 1.96. The number of hydrogen-bond acceptors (Lipinski definition) is 3. The monoisotopic (exact) mass is 318 g/mol. The molecule has 5 nitrogen and oxygen atoms in total. The Bertz CT molecular complexity index is 545. The first-order valence-electron chi connectivity index (χ1n) is 9.11. The summed E-state index contributed by atoms with van der Waals surface area (Å²) in [6.45, 7) is 5.84. The molecule has 2 fully saturated rings. The van der Waals surface area contributed by atoms with Gasteiger partial charge in [-0.2, -0.15) is 5.10 Å². The van der Waals surface area contributed by atoms with Crippen LogP contribution in [0.5, 0.6) is 0 Å². The van der Waals surface area contributed by atoms with Gasteiger partial charge in [0.25, 0.3) is 0 Å². The molecular weight excluding hydrogens is 288 g/mol. The zero-order valence-electron chi connectivity index (χ0n) is 14.7. The second-order valence-electron chi connectivity index (χ2n) is 7.53. The Labute approximate surface area is 139 Å². The molecular formula is C18H30N4O. The minimum atomic E-state index is -0.00260. The average Bonchev–Trinajstić information content (AvgIpc) is 3.09. The molecule has 3 rings (SSSR count). The highest BCUT2D eigenvalue weighted by Crippen LogP contribution is 2.31. The number of hydrogen-bond donors (Lipinski definition) is 1. The van der Waals surface area contributed by atoms with Crippen LogP contribution in [-0.4, -0.2) is 33.7 Å². The van der Waals surface area contributed by atoms with Gasteiger partial charge in [-0.25, -0.2) is 0 Å². The van der Waals surface area contributed by atoms with Crippen molar-refractivity contribution < 1.29 is 4.79 Å². The van der Waals surface area contributed by atoms with Crippen molar-refractivity contribution in [2.75, 3.05) is 13.1 Å². The van der Waals surface area contributed by atoms with Crippen molar-refractivity contribution in [1.82, 2.24) is 20.0 Å². The lowest BCUT2D eigenvalue weighted by Gasteiger charge is -2.27. The minimum absolute atomic E-state index is 0.00260. The largest absolute Gasteiger partial charge is 0.335 e. The van der Waals surface area contributed by atoms with Crippen molar-refractivity contribution in [3.8, 4) is 0 Å². The SMILES string of the molecule is CC(C)c1nn(C)cc1[C@H]1NC(=O)CN1CCC1CCCCC1. The molecule has 0 unspecified atom stereocenters. The number of aryl methyl sites for hydroxylation is 1. The maximum Gasteiger partial charge on any atom is 0.235 e. The molecule has 2 heterocycles. The van der Waals surface area contributed by atoms with Crippen LogP contribution < -0.4 is 5.32 Å². The summed E-state index contributed by atoms with van der Waals surface area (Å²) in [5.41, 5.74) is 2.26. The zero-order chi connectivity index (χ0) is 16.4. The van der Waals surface area contributed by atoms with Gasteiger partial charge < -0.3 is 5.32 Å². The first-order valence-corrected chi connectivity index (χ1v) is 9.11. The van der Waals surface area contributed by atoms with Crippen LogP contribution in [0.3, 0.4) is 0 Å². The lowest BCUT2D eigenvalue weighted by Crippen LogP contribution is -2.30. The summed E-state index contributed by atoms with van der Waals surface area (Å²) in [4.78, 5) is 14.3. The van der Waals surface area contributed by atoms with Crippen LogP contribution in [0.2, 0.25) is 0 Å². The normalized spacial score (nSPS) is 23.7. The van der Waals surface area contributed by atoms with Gasteiger partial charge in [-0.1, -0.05) is 46.0 Å². The molecule has 0 bridgehead atoms. The molecule has 1 N–H and O–H groups in total. The first-order chi connectivity index (χ1) is 11.0. The third-order valence-electron chi connectivity index (χ3n) is 5.29. The van der Waals surface area contributed by atoms with Crippen molar-refractivity contribution in [3.05, 3.63) is 17.5 Å². The molecule has 23 heavy (non-hydrogen) atoms. The Balaban J connectivity index is 1.70. The maximum atomic E-state index is 12.0. The van der Waals surface area contributed by atoms with Gasteiger partial charge in [-0.3, -0.25) is 14.4 Å². The quantitative estimate of drug-likeness (QED) is 0.908. The lowest BCUT2D eigenvalue weighted by molar-refractivity contribution is -0.118. The number of carbonyl (C=O) groups excluding carboxylic acids is 1. The molecule has 1 saturated heterocycles. The van der Waals surface area contributed by atoms with E-state index in [1.165, 1.54) is 38.5 Å². The topological polar surface area (TPSA) is 50.2 Å². The van der Waals surface area contributed by atoms with Crippen LogP contribution in [0.4, 0.5) is 0 Å². The smallest absolute Gasteiger partial charge is 0.235 e. The molecule has 1 aliphatic carbocycles. The van der Waals surface area contributed by atoms with E-state index in [1.807, 2.05) is 11.7 Å². The second-order valence-corrected chi connectivity index (χ2v) is 7.53. The third kappa shape index (κ3) is 3.77. The number of rotatable bonds is 5. The first kappa shape index (κ1) is 16.5. The predicted molar refractivity (Wildman–Crippen MR) is 90.9 cm³/mol. The molecule has 1 atom stereocenters. The number of nitrogens with zero attached hydrogens (tertiary/aromatic N) is 3. The Kier molecular flexibility index (Phi) is 5.05. The molecule has 128 valence electrons. The summed E-state index contributed by atoms with van der Waals surface area (Å²) < 4.78 is 1.87. The van der Waals surface area contributed by atoms with Gasteiger partial charge >= 0.3 is 0 Å². The average molecular weight is 318 g/mol. The van der Waals surface area contributed by atoms with Crippen LogP contribution in [0, 0.1) is 5.92 Å². The highest BCUT2D eigenvalue weighted by molar-refractivity contribution is 5.80. The zero-order valence-corrected chi connectivity index (χ0v) is 14.7. The predicted octanol–water partition coefficient (Wildman–Crippen LogP) is 2.94. The molecule has 2 aliphatic rings. The summed E-state index contributed by atoms with van der Waals surface area (Å²) >= 11 is 0. The van der Waals surface area contributed by atoms with Crippen LogP contribution in [0.25, 0.3) is 0 Å². The van der Waals surface area contributed by atoms with Gasteiger partial charge in [0.2, 0.25) is 5.91 Å². The van der Waals surface area contributed by atoms with E-state index < -0.39 is 0 Å². The van der Waals surface area contributed by atoms with Crippen molar-refractivity contribution in [3.63, 3.8) is 0 Å². The lowest BCUT2D eigenvalue weighted by atomic mass is 9.87. The van der Waals surface area contributed by atoms with Crippen LogP contribution in [0.15, 0.2) is 6.20 Å². The fourth-order valence-electron chi connectivity index (χ4n) is 4.06. The van der Waals surface area contributed by atoms with Crippen molar-refractivity contribution in [2.24, 2.45) is 13.0 Å². The van der Waals surface area contributed by atoms with Crippen molar-refractivity contribution in [1.29, 1.82) is 0 Å². The van der Waals surface area contributed by atoms with Crippen LogP contribution in [0.1, 0.15) is 75.7 Å². The number of amides is 1. The molecule has 0 radical (unpaired) electrons. The minimum Gasteiger partial charge on any atom is -0.335 e. The van der Waals surface area contributed by atoms with Gasteiger partial charge in [0.1, 0.15) is 6.17 Å². The Hall–Kier alpha value is -1.36. The van der Waals surface area contributed by atoms with E-state index in [0.717, 1.165) is 23.7 Å². The van der Waals surface area contributed by atoms with Gasteiger partial charge in [-0.15, -0.1) is 0 Å². The van der Waals surface area contributed by atoms with Crippen molar-refractivity contribution in [2.45, 2.75) is 64.5 Å². The van der Waals surface area contributed by atoms with Crippen LogP contribution in [-0.2, 0) is 11.8 Å². The van der Waals surface area contributed by atoms with E-state index in [4.69, 9.17) is 0 Å². The van der Waals surface area contributed by atoms with Crippen molar-refractivity contribution >= 4 is 5.91 Å². The van der Waals surface area contributed by atoms with Gasteiger partial charge in [0.05, 0.1) is 12.2 Å². The molecule has 5 heteroatoms. The summed E-state index contributed by atoms with van der Waals surface area (Å²) in [6.07, 6.45) is 10.2. The van der Waals surface area contributed by atoms with E-state index in [9.17, 15) is 4.79 Å². The van der Waals surface area contributed by atoms with Crippen LogP contribution >= 0.6 is 0 Å². The summed E-state index contributed by atoms with van der Waals surface area (Å²) in [6, 6.07) is 0. The van der Waals surface area contributed by atoms with Gasteiger partial charge in [-0.05, 0) is 18.3 Å². The second kappa shape index (κ2) is 7.04. The van der Waals surface area contributed by atoms with E-state index in [0.29, 0.717) is 12.5 Å². The molecule has 0 aromatic carbocycles. The standard InChI is InChI=1S/C18H30N4O/c1-13(2)17-15(11-21(3)20-17)18-19-16(23)12-22(18)10-9-14-7-5-4-6-8-14/h11,13-14,18H,4-10,12H2,1-3H3,(H,19,23)/t18-/m0/s1. The number of aromatic nitrogens is 2. The summed E-state index contributed by atoms with van der Waals surface area (Å²) in [5.74, 6) is 1.35. The van der Waals surface area contributed by atoms with E-state index in [2.05, 4.69) is 35.4 Å². The van der Waals surface area contributed by atoms with E-state index in [-0.39, 0.29) is 12.1 Å². The van der Waals surface area contributed by atoms with Gasteiger partial charge in [0, 0.05) is 25.4 Å². The fraction of sp³-hybridized carbons (Fsp3) is 0.778.